The Morgan fingerprint density at radius 3 is 2.60 bits per heavy atom. The van der Waals surface area contributed by atoms with Crippen molar-refractivity contribution in [1.29, 1.82) is 0 Å². The summed E-state index contributed by atoms with van der Waals surface area (Å²) in [4.78, 5) is 16.0. The Hall–Kier alpha value is -1.95. The molecule has 2 heterocycles. The van der Waals surface area contributed by atoms with Gasteiger partial charge in [-0.3, -0.25) is 0 Å². The number of hydrogen-bond donors (Lipinski definition) is 2. The average Bonchev–Trinajstić information content (AvgIpc) is 2.61. The van der Waals surface area contributed by atoms with Crippen molar-refractivity contribution >= 4 is 22.7 Å². The van der Waals surface area contributed by atoms with E-state index >= 15 is 0 Å². The van der Waals surface area contributed by atoms with Gasteiger partial charge in [-0.1, -0.05) is 13.3 Å². The van der Waals surface area contributed by atoms with Crippen molar-refractivity contribution in [3.8, 4) is 0 Å². The summed E-state index contributed by atoms with van der Waals surface area (Å²) in [6, 6.07) is 0. The summed E-state index contributed by atoms with van der Waals surface area (Å²) in [5, 5.41) is 14.1. The highest BCUT2D eigenvalue weighted by atomic mass is 16.3. The standard InChI is InChI=1S/C19H29N5O/c1-4-5-10-20-19-22-12-16-17(23-19)15(11-21-18(16)24(2)3)13-6-8-14(25)9-7-13/h11-14,25H,4-10H2,1-3H3,(H,20,22,23)/t13-,14-. The normalized spacial score (nSPS) is 20.6. The van der Waals surface area contributed by atoms with Crippen LogP contribution in [0, 0.1) is 0 Å². The van der Waals surface area contributed by atoms with Gasteiger partial charge in [-0.25, -0.2) is 15.0 Å². The van der Waals surface area contributed by atoms with Crippen molar-refractivity contribution < 1.29 is 5.11 Å². The van der Waals surface area contributed by atoms with Crippen molar-refractivity contribution in [3.63, 3.8) is 0 Å². The highest BCUT2D eigenvalue weighted by Crippen LogP contribution is 2.37. The van der Waals surface area contributed by atoms with Crippen molar-refractivity contribution in [3.05, 3.63) is 18.0 Å². The second-order valence-corrected chi connectivity index (χ2v) is 7.17. The van der Waals surface area contributed by atoms with Gasteiger partial charge in [0.25, 0.3) is 0 Å². The summed E-state index contributed by atoms with van der Waals surface area (Å²) in [7, 11) is 3.98. The summed E-state index contributed by atoms with van der Waals surface area (Å²) in [6.45, 7) is 3.06. The molecule has 2 aromatic rings. The van der Waals surface area contributed by atoms with E-state index in [0.29, 0.717) is 11.9 Å². The Morgan fingerprint density at radius 1 is 1.16 bits per heavy atom. The highest BCUT2D eigenvalue weighted by Gasteiger charge is 2.24. The number of pyridine rings is 1. The Balaban J connectivity index is 1.99. The molecular formula is C19H29N5O. The minimum absolute atomic E-state index is 0.155. The Bertz CT molecular complexity index is 710. The zero-order chi connectivity index (χ0) is 17.8. The number of fused-ring (bicyclic) bond motifs is 1. The van der Waals surface area contributed by atoms with Crippen molar-refractivity contribution in [1.82, 2.24) is 15.0 Å². The van der Waals surface area contributed by atoms with Crippen molar-refractivity contribution in [2.45, 2.75) is 57.5 Å². The molecule has 6 nitrogen and oxygen atoms in total. The van der Waals surface area contributed by atoms with Crippen LogP contribution in [0.5, 0.6) is 0 Å². The molecule has 2 N–H and O–H groups in total. The van der Waals surface area contributed by atoms with Crippen LogP contribution in [0.2, 0.25) is 0 Å². The Kier molecular flexibility index (Phi) is 5.68. The summed E-state index contributed by atoms with van der Waals surface area (Å²) in [5.41, 5.74) is 2.18. The molecule has 25 heavy (non-hydrogen) atoms. The maximum absolute atomic E-state index is 9.81. The fourth-order valence-corrected chi connectivity index (χ4v) is 3.53. The average molecular weight is 343 g/mol. The van der Waals surface area contributed by atoms with Gasteiger partial charge in [0.1, 0.15) is 5.82 Å². The fraction of sp³-hybridized carbons (Fsp3) is 0.632. The molecule has 1 saturated carbocycles. The molecule has 0 unspecified atom stereocenters. The number of unbranched alkanes of at least 4 members (excludes halogenated alkanes) is 1. The molecule has 2 aromatic heterocycles. The van der Waals surface area contributed by atoms with Crippen molar-refractivity contribution in [2.24, 2.45) is 0 Å². The smallest absolute Gasteiger partial charge is 0.223 e. The number of anilines is 2. The molecule has 0 radical (unpaired) electrons. The van der Waals surface area contributed by atoms with Crippen LogP contribution >= 0.6 is 0 Å². The van der Waals surface area contributed by atoms with E-state index in [9.17, 15) is 5.11 Å². The fourth-order valence-electron chi connectivity index (χ4n) is 3.53. The van der Waals surface area contributed by atoms with Gasteiger partial charge >= 0.3 is 0 Å². The number of aromatic nitrogens is 3. The summed E-state index contributed by atoms with van der Waals surface area (Å²) in [6.07, 6.45) is 9.64. The molecular weight excluding hydrogens is 314 g/mol. The van der Waals surface area contributed by atoms with Gasteiger partial charge in [-0.2, -0.15) is 0 Å². The Morgan fingerprint density at radius 2 is 1.92 bits per heavy atom. The molecule has 0 aliphatic heterocycles. The monoisotopic (exact) mass is 343 g/mol. The molecule has 0 aromatic carbocycles. The number of nitrogens with one attached hydrogen (secondary N) is 1. The van der Waals surface area contributed by atoms with E-state index in [2.05, 4.69) is 22.2 Å². The molecule has 0 saturated heterocycles. The van der Waals surface area contributed by atoms with Gasteiger partial charge in [0, 0.05) is 38.6 Å². The molecule has 3 rings (SSSR count). The first-order chi connectivity index (χ1) is 12.1. The van der Waals surface area contributed by atoms with Crippen molar-refractivity contribution in [2.75, 3.05) is 30.9 Å². The number of aliphatic hydroxyl groups is 1. The largest absolute Gasteiger partial charge is 0.393 e. The summed E-state index contributed by atoms with van der Waals surface area (Å²) in [5.74, 6) is 2.00. The lowest BCUT2D eigenvalue weighted by Gasteiger charge is -2.27. The molecule has 1 aliphatic rings. The zero-order valence-corrected chi connectivity index (χ0v) is 15.5. The predicted octanol–water partition coefficient (Wildman–Crippen LogP) is 3.32. The maximum atomic E-state index is 9.81. The first kappa shape index (κ1) is 17.9. The van der Waals surface area contributed by atoms with E-state index in [1.807, 2.05) is 31.4 Å². The molecule has 6 heteroatoms. The van der Waals surface area contributed by atoms with Gasteiger partial charge in [0.2, 0.25) is 5.95 Å². The van der Waals surface area contributed by atoms with Gasteiger partial charge in [0.15, 0.2) is 0 Å². The van der Waals surface area contributed by atoms with E-state index in [1.165, 1.54) is 5.56 Å². The third-order valence-electron chi connectivity index (χ3n) is 5.00. The van der Waals surface area contributed by atoms with Crippen LogP contribution in [0.1, 0.15) is 56.9 Å². The van der Waals surface area contributed by atoms with E-state index in [0.717, 1.165) is 61.8 Å². The maximum Gasteiger partial charge on any atom is 0.223 e. The number of aliphatic hydroxyl groups excluding tert-OH is 1. The molecule has 1 fully saturated rings. The molecule has 0 spiro atoms. The molecule has 0 amide bonds. The van der Waals surface area contributed by atoms with Gasteiger partial charge in [0.05, 0.1) is 17.0 Å². The van der Waals surface area contributed by atoms with Gasteiger partial charge in [-0.15, -0.1) is 0 Å². The predicted molar refractivity (Wildman–Crippen MR) is 102 cm³/mol. The van der Waals surface area contributed by atoms with Gasteiger partial charge in [-0.05, 0) is 38.0 Å². The quantitative estimate of drug-likeness (QED) is 0.784. The van der Waals surface area contributed by atoms with Crippen LogP contribution in [-0.4, -0.2) is 46.8 Å². The Labute approximate surface area is 149 Å². The molecule has 0 atom stereocenters. The number of nitrogens with zero attached hydrogens (tertiary/aromatic N) is 4. The first-order valence-electron chi connectivity index (χ1n) is 9.35. The van der Waals surface area contributed by atoms with Crippen LogP contribution < -0.4 is 10.2 Å². The minimum Gasteiger partial charge on any atom is -0.393 e. The molecule has 136 valence electrons. The van der Waals surface area contributed by atoms with E-state index < -0.39 is 0 Å². The van der Waals surface area contributed by atoms with Crippen LogP contribution in [0.15, 0.2) is 12.4 Å². The lowest BCUT2D eigenvalue weighted by Crippen LogP contribution is -2.18. The lowest BCUT2D eigenvalue weighted by molar-refractivity contribution is 0.122. The lowest BCUT2D eigenvalue weighted by atomic mass is 9.82. The third-order valence-corrected chi connectivity index (χ3v) is 5.00. The van der Waals surface area contributed by atoms with Crippen LogP contribution in [0.3, 0.4) is 0 Å². The third kappa shape index (κ3) is 4.00. The molecule has 0 bridgehead atoms. The SMILES string of the molecule is CCCCNc1ncc2c(N(C)C)ncc([C@H]3CC[C@H](O)CC3)c2n1. The van der Waals surface area contributed by atoms with Gasteiger partial charge < -0.3 is 15.3 Å². The number of hydrogen-bond acceptors (Lipinski definition) is 6. The molecule has 1 aliphatic carbocycles. The summed E-state index contributed by atoms with van der Waals surface area (Å²) >= 11 is 0. The first-order valence-corrected chi connectivity index (χ1v) is 9.35. The second-order valence-electron chi connectivity index (χ2n) is 7.17. The van der Waals surface area contributed by atoms with E-state index in [1.54, 1.807) is 0 Å². The zero-order valence-electron chi connectivity index (χ0n) is 15.5. The topological polar surface area (TPSA) is 74.2 Å². The van der Waals surface area contributed by atoms with Crippen LogP contribution in [0.4, 0.5) is 11.8 Å². The van der Waals surface area contributed by atoms with E-state index in [-0.39, 0.29) is 6.10 Å². The number of rotatable bonds is 6. The van der Waals surface area contributed by atoms with Crippen LogP contribution in [-0.2, 0) is 0 Å². The highest BCUT2D eigenvalue weighted by molar-refractivity contribution is 5.91. The second kappa shape index (κ2) is 7.95. The van der Waals surface area contributed by atoms with Crippen LogP contribution in [0.25, 0.3) is 10.9 Å². The summed E-state index contributed by atoms with van der Waals surface area (Å²) < 4.78 is 0. The minimum atomic E-state index is -0.155. The van der Waals surface area contributed by atoms with E-state index in [4.69, 9.17) is 4.98 Å².